The Kier molecular flexibility index (Phi) is 6.80. The number of sulfonamides is 2. The predicted octanol–water partition coefficient (Wildman–Crippen LogP) is 3.75. The first-order chi connectivity index (χ1) is 15.4. The number of para-hydroxylation sites is 1. The number of rotatable bonds is 7. The average molecular weight is 488 g/mol. The van der Waals surface area contributed by atoms with Crippen LogP contribution in [0.4, 0.5) is 17.1 Å². The molecule has 3 aromatic carbocycles. The van der Waals surface area contributed by atoms with Gasteiger partial charge < -0.3 is 5.32 Å². The summed E-state index contributed by atoms with van der Waals surface area (Å²) in [7, 11) is -6.01. The second-order valence-corrected chi connectivity index (χ2v) is 11.3. The maximum absolute atomic E-state index is 12.8. The fourth-order valence-electron chi connectivity index (χ4n) is 3.17. The molecule has 0 aliphatic heterocycles. The summed E-state index contributed by atoms with van der Waals surface area (Å²) in [6, 6.07) is 17.4. The molecule has 0 unspecified atom stereocenters. The van der Waals surface area contributed by atoms with Crippen LogP contribution in [0.25, 0.3) is 0 Å². The number of hydrogen-bond acceptors (Lipinski definition) is 5. The Hall–Kier alpha value is -3.37. The molecule has 0 aliphatic rings. The number of carbonyl (C=O) groups is 1. The summed E-state index contributed by atoms with van der Waals surface area (Å²) in [5.74, 6) is -0.523. The van der Waals surface area contributed by atoms with Gasteiger partial charge in [0.05, 0.1) is 28.1 Å². The molecule has 0 aliphatic carbocycles. The maximum Gasteiger partial charge on any atom is 0.261 e. The molecule has 8 nitrogen and oxygen atoms in total. The van der Waals surface area contributed by atoms with Gasteiger partial charge in [0.15, 0.2) is 0 Å². The van der Waals surface area contributed by atoms with Crippen LogP contribution in [0.1, 0.15) is 21.5 Å². The van der Waals surface area contributed by atoms with Crippen molar-refractivity contribution in [3.8, 4) is 0 Å². The van der Waals surface area contributed by atoms with Gasteiger partial charge in [0.25, 0.3) is 15.9 Å². The van der Waals surface area contributed by atoms with Gasteiger partial charge >= 0.3 is 0 Å². The summed E-state index contributed by atoms with van der Waals surface area (Å²) in [5, 5.41) is 2.67. The lowest BCUT2D eigenvalue weighted by atomic mass is 10.1. The Balaban J connectivity index is 1.79. The largest absolute Gasteiger partial charge is 0.322 e. The van der Waals surface area contributed by atoms with Crippen LogP contribution in [0.5, 0.6) is 0 Å². The van der Waals surface area contributed by atoms with Crippen LogP contribution in [0, 0.1) is 13.8 Å². The molecule has 0 fully saturated rings. The lowest BCUT2D eigenvalue weighted by Gasteiger charge is -2.19. The lowest BCUT2D eigenvalue weighted by molar-refractivity contribution is 0.102. The van der Waals surface area contributed by atoms with Crippen LogP contribution >= 0.6 is 0 Å². The van der Waals surface area contributed by atoms with Gasteiger partial charge in [0.2, 0.25) is 10.0 Å². The first-order valence-electron chi connectivity index (χ1n) is 9.93. The van der Waals surface area contributed by atoms with E-state index in [1.807, 2.05) is 26.0 Å². The predicted molar refractivity (Wildman–Crippen MR) is 131 cm³/mol. The molecule has 1 amide bonds. The van der Waals surface area contributed by atoms with E-state index in [4.69, 9.17) is 0 Å². The van der Waals surface area contributed by atoms with Gasteiger partial charge in [-0.05, 0) is 61.9 Å². The third-order valence-corrected chi connectivity index (χ3v) is 7.61. The van der Waals surface area contributed by atoms with Crippen molar-refractivity contribution < 1.29 is 21.6 Å². The van der Waals surface area contributed by atoms with Crippen LogP contribution in [-0.2, 0) is 20.0 Å². The second kappa shape index (κ2) is 9.24. The Morgan fingerprint density at radius 1 is 0.879 bits per heavy atom. The summed E-state index contributed by atoms with van der Waals surface area (Å²) in [4.78, 5) is 12.8. The maximum atomic E-state index is 12.8. The zero-order chi connectivity index (χ0) is 24.4. The number of nitrogens with one attached hydrogen (secondary N) is 2. The molecule has 0 radical (unpaired) electrons. The highest BCUT2D eigenvalue weighted by atomic mass is 32.2. The smallest absolute Gasteiger partial charge is 0.261 e. The average Bonchev–Trinajstić information content (AvgIpc) is 2.75. The Labute approximate surface area is 194 Å². The van der Waals surface area contributed by atoms with E-state index in [0.717, 1.165) is 21.7 Å². The first kappa shape index (κ1) is 24.3. The molecule has 174 valence electrons. The summed E-state index contributed by atoms with van der Waals surface area (Å²) in [6.45, 7) is 3.75. The van der Waals surface area contributed by atoms with Crippen molar-refractivity contribution in [2.24, 2.45) is 0 Å². The number of amides is 1. The Morgan fingerprint density at radius 2 is 1.52 bits per heavy atom. The summed E-state index contributed by atoms with van der Waals surface area (Å²) in [6.07, 6.45) is 1.05. The molecule has 33 heavy (non-hydrogen) atoms. The molecule has 0 spiro atoms. The standard InChI is InChI=1S/C23H25N3O5S2/c1-16-9-14-21(17(2)15-16)25-33(30,31)19-12-10-18(11-13-19)24-23(27)20-7-5-6-8-22(20)26(3)32(4,28)29/h5-15,25H,1-4H3,(H,24,27). The Morgan fingerprint density at radius 3 is 2.12 bits per heavy atom. The number of benzene rings is 3. The van der Waals surface area contributed by atoms with E-state index in [2.05, 4.69) is 10.0 Å². The minimum absolute atomic E-state index is 0.0395. The van der Waals surface area contributed by atoms with Crippen molar-refractivity contribution in [1.82, 2.24) is 0 Å². The second-order valence-electron chi connectivity index (χ2n) is 7.65. The van der Waals surface area contributed by atoms with Crippen molar-refractivity contribution >= 4 is 43.0 Å². The van der Waals surface area contributed by atoms with Crippen LogP contribution in [-0.4, -0.2) is 36.0 Å². The lowest BCUT2D eigenvalue weighted by Crippen LogP contribution is -2.27. The molecule has 0 saturated heterocycles. The van der Waals surface area contributed by atoms with E-state index in [1.165, 1.54) is 43.4 Å². The molecule has 0 saturated carbocycles. The van der Waals surface area contributed by atoms with E-state index in [-0.39, 0.29) is 16.1 Å². The van der Waals surface area contributed by atoms with Crippen molar-refractivity contribution in [3.63, 3.8) is 0 Å². The highest BCUT2D eigenvalue weighted by Gasteiger charge is 2.20. The summed E-state index contributed by atoms with van der Waals surface area (Å²) < 4.78 is 52.9. The monoisotopic (exact) mass is 487 g/mol. The number of nitrogens with zero attached hydrogens (tertiary/aromatic N) is 1. The van der Waals surface area contributed by atoms with E-state index in [9.17, 15) is 21.6 Å². The van der Waals surface area contributed by atoms with E-state index >= 15 is 0 Å². The van der Waals surface area contributed by atoms with Crippen LogP contribution in [0.2, 0.25) is 0 Å². The normalized spacial score (nSPS) is 11.6. The van der Waals surface area contributed by atoms with Gasteiger partial charge in [-0.1, -0.05) is 29.8 Å². The van der Waals surface area contributed by atoms with Gasteiger partial charge in [-0.15, -0.1) is 0 Å². The molecule has 10 heteroatoms. The van der Waals surface area contributed by atoms with Crippen LogP contribution in [0.3, 0.4) is 0 Å². The molecular formula is C23H25N3O5S2. The number of carbonyl (C=O) groups excluding carboxylic acids is 1. The summed E-state index contributed by atoms with van der Waals surface area (Å²) >= 11 is 0. The van der Waals surface area contributed by atoms with E-state index < -0.39 is 26.0 Å². The van der Waals surface area contributed by atoms with E-state index in [1.54, 1.807) is 18.2 Å². The molecular weight excluding hydrogens is 462 g/mol. The quantitative estimate of drug-likeness (QED) is 0.527. The van der Waals surface area contributed by atoms with E-state index in [0.29, 0.717) is 11.4 Å². The molecule has 0 heterocycles. The van der Waals surface area contributed by atoms with Gasteiger partial charge in [-0.3, -0.25) is 13.8 Å². The van der Waals surface area contributed by atoms with Gasteiger partial charge in [0, 0.05) is 12.7 Å². The van der Waals surface area contributed by atoms with Crippen LogP contribution < -0.4 is 14.3 Å². The fourth-order valence-corrected chi connectivity index (χ4v) is 4.81. The zero-order valence-electron chi connectivity index (χ0n) is 18.7. The van der Waals surface area contributed by atoms with Gasteiger partial charge in [0.1, 0.15) is 0 Å². The molecule has 3 aromatic rings. The fraction of sp³-hybridized carbons (Fsp3) is 0.174. The van der Waals surface area contributed by atoms with Crippen LogP contribution in [0.15, 0.2) is 71.6 Å². The molecule has 3 rings (SSSR count). The first-order valence-corrected chi connectivity index (χ1v) is 13.3. The molecule has 0 aromatic heterocycles. The van der Waals surface area contributed by atoms with Gasteiger partial charge in [-0.2, -0.15) is 0 Å². The molecule has 0 bridgehead atoms. The molecule has 0 atom stereocenters. The minimum atomic E-state index is -3.82. The third kappa shape index (κ3) is 5.71. The minimum Gasteiger partial charge on any atom is -0.322 e. The third-order valence-electron chi connectivity index (χ3n) is 5.03. The van der Waals surface area contributed by atoms with Crippen molar-refractivity contribution in [3.05, 3.63) is 83.4 Å². The highest BCUT2D eigenvalue weighted by molar-refractivity contribution is 7.92. The van der Waals surface area contributed by atoms with Crippen molar-refractivity contribution in [2.75, 3.05) is 27.6 Å². The summed E-state index contributed by atoms with van der Waals surface area (Å²) in [5.41, 5.74) is 3.08. The van der Waals surface area contributed by atoms with Gasteiger partial charge in [-0.25, -0.2) is 16.8 Å². The zero-order valence-corrected chi connectivity index (χ0v) is 20.3. The molecule has 2 N–H and O–H groups in total. The topological polar surface area (TPSA) is 113 Å². The highest BCUT2D eigenvalue weighted by Crippen LogP contribution is 2.24. The van der Waals surface area contributed by atoms with Crippen molar-refractivity contribution in [2.45, 2.75) is 18.7 Å². The number of hydrogen-bond donors (Lipinski definition) is 2. The Bertz CT molecular complexity index is 1400. The number of anilines is 3. The SMILES string of the molecule is Cc1ccc(NS(=O)(=O)c2ccc(NC(=O)c3ccccc3N(C)S(C)(=O)=O)cc2)c(C)c1. The van der Waals surface area contributed by atoms with Crippen molar-refractivity contribution in [1.29, 1.82) is 0 Å². The number of aryl methyl sites for hydroxylation is 2.